The van der Waals surface area contributed by atoms with Crippen molar-refractivity contribution >= 4 is 98.0 Å². The zero-order valence-electron chi connectivity index (χ0n) is 47.2. The molecule has 0 aliphatic heterocycles. The SMILES string of the molecule is c1ccc(-c2ccc3oc4c(-c5ccc6c(c5)c5cc(-c7cc(-c8ccccc8)cc8c7oc7ccc(-c9ccccc9)cc78)ccc5n6-c5ccc(-c6ccc7c8ccccc8c8ccccc8c7c6)cc5)cc(-c5ccccc5)cc4c3c2)cc1. The number of hydrogen-bond acceptors (Lipinski definition) is 2. The van der Waals surface area contributed by atoms with Gasteiger partial charge in [-0.15, -0.1) is 0 Å². The topological polar surface area (TPSA) is 31.2 Å². The van der Waals surface area contributed by atoms with Crippen LogP contribution in [0.25, 0.3) is 182 Å². The van der Waals surface area contributed by atoms with Gasteiger partial charge in [-0.1, -0.05) is 218 Å². The first-order valence-electron chi connectivity index (χ1n) is 29.9. The lowest BCUT2D eigenvalue weighted by atomic mass is 9.92. The van der Waals surface area contributed by atoms with E-state index in [0.29, 0.717) is 0 Å². The van der Waals surface area contributed by atoms with E-state index in [1.807, 2.05) is 0 Å². The van der Waals surface area contributed by atoms with E-state index in [0.717, 1.165) is 133 Å². The number of aromatic nitrogens is 1. The molecule has 18 aromatic rings. The Bertz CT molecular complexity index is 5480. The van der Waals surface area contributed by atoms with Crippen LogP contribution in [0.2, 0.25) is 0 Å². The molecule has 0 radical (unpaired) electrons. The van der Waals surface area contributed by atoms with Gasteiger partial charge in [0, 0.05) is 49.1 Å². The zero-order chi connectivity index (χ0) is 57.1. The summed E-state index contributed by atoms with van der Waals surface area (Å²) in [7, 11) is 0. The summed E-state index contributed by atoms with van der Waals surface area (Å²) >= 11 is 0. The normalized spacial score (nSPS) is 11.9. The van der Waals surface area contributed by atoms with Gasteiger partial charge in [-0.05, 0) is 190 Å². The van der Waals surface area contributed by atoms with Crippen molar-refractivity contribution in [3.8, 4) is 83.6 Å². The first-order valence-corrected chi connectivity index (χ1v) is 29.9. The minimum absolute atomic E-state index is 0.860. The Morgan fingerprint density at radius 3 is 0.931 bits per heavy atom. The third-order valence-corrected chi connectivity index (χ3v) is 18.2. The lowest BCUT2D eigenvalue weighted by molar-refractivity contribution is 0.669. The maximum absolute atomic E-state index is 7.01. The first kappa shape index (κ1) is 49.0. The van der Waals surface area contributed by atoms with Crippen molar-refractivity contribution < 1.29 is 8.83 Å². The molecular formula is C84H51NO2. The van der Waals surface area contributed by atoms with Crippen LogP contribution in [0.1, 0.15) is 0 Å². The molecule has 3 heteroatoms. The Hall–Kier alpha value is -11.5. The van der Waals surface area contributed by atoms with Gasteiger partial charge in [-0.25, -0.2) is 0 Å². The zero-order valence-corrected chi connectivity index (χ0v) is 47.2. The molecule has 0 aliphatic rings. The largest absolute Gasteiger partial charge is 0.455 e. The molecule has 18 rings (SSSR count). The molecular weight excluding hydrogens is 1050 g/mol. The van der Waals surface area contributed by atoms with Gasteiger partial charge in [0.1, 0.15) is 22.3 Å². The van der Waals surface area contributed by atoms with Crippen molar-refractivity contribution in [2.24, 2.45) is 0 Å². The first-order chi connectivity index (χ1) is 43.1. The smallest absolute Gasteiger partial charge is 0.143 e. The van der Waals surface area contributed by atoms with Crippen LogP contribution >= 0.6 is 0 Å². The van der Waals surface area contributed by atoms with Gasteiger partial charge in [0.15, 0.2) is 0 Å². The van der Waals surface area contributed by atoms with E-state index >= 15 is 0 Å². The van der Waals surface area contributed by atoms with Crippen LogP contribution in [-0.2, 0) is 0 Å². The minimum atomic E-state index is 0.860. The highest BCUT2D eigenvalue weighted by molar-refractivity contribution is 6.26. The van der Waals surface area contributed by atoms with E-state index in [1.54, 1.807) is 0 Å². The van der Waals surface area contributed by atoms with Crippen molar-refractivity contribution in [3.63, 3.8) is 0 Å². The third-order valence-electron chi connectivity index (χ3n) is 18.2. The Balaban J connectivity index is 0.852. The van der Waals surface area contributed by atoms with Gasteiger partial charge in [-0.2, -0.15) is 0 Å². The summed E-state index contributed by atoms with van der Waals surface area (Å²) in [5, 5.41) is 14.2. The number of hydrogen-bond donors (Lipinski definition) is 0. The van der Waals surface area contributed by atoms with Crippen molar-refractivity contribution in [3.05, 3.63) is 309 Å². The molecule has 0 fully saturated rings. The highest BCUT2D eigenvalue weighted by Gasteiger charge is 2.22. The summed E-state index contributed by atoms with van der Waals surface area (Å²) in [5.74, 6) is 0. The minimum Gasteiger partial charge on any atom is -0.455 e. The second kappa shape index (κ2) is 19.5. The summed E-state index contributed by atoms with van der Waals surface area (Å²) in [6.45, 7) is 0. The molecule has 0 spiro atoms. The van der Waals surface area contributed by atoms with E-state index in [1.165, 1.54) is 49.0 Å². The van der Waals surface area contributed by atoms with Crippen molar-refractivity contribution in [2.45, 2.75) is 0 Å². The Morgan fingerprint density at radius 1 is 0.184 bits per heavy atom. The molecule has 3 nitrogen and oxygen atoms in total. The van der Waals surface area contributed by atoms with E-state index in [-0.39, 0.29) is 0 Å². The second-order valence-corrected chi connectivity index (χ2v) is 23.1. The quantitative estimate of drug-likeness (QED) is 0.142. The predicted octanol–water partition coefficient (Wildman–Crippen LogP) is 23.7. The fraction of sp³-hybridized carbons (Fsp3) is 0. The molecule has 0 bridgehead atoms. The van der Waals surface area contributed by atoms with E-state index in [2.05, 4.69) is 314 Å². The average molecular weight is 1110 g/mol. The number of benzene rings is 15. The molecule has 0 saturated carbocycles. The number of fused-ring (bicyclic) bond motifs is 15. The van der Waals surface area contributed by atoms with Crippen LogP contribution in [0.3, 0.4) is 0 Å². The summed E-state index contributed by atoms with van der Waals surface area (Å²) in [6.07, 6.45) is 0. The van der Waals surface area contributed by atoms with E-state index in [9.17, 15) is 0 Å². The molecule has 3 aromatic heterocycles. The van der Waals surface area contributed by atoms with Crippen LogP contribution in [0.5, 0.6) is 0 Å². The van der Waals surface area contributed by atoms with Crippen molar-refractivity contribution in [1.82, 2.24) is 4.57 Å². The van der Waals surface area contributed by atoms with Gasteiger partial charge >= 0.3 is 0 Å². The second-order valence-electron chi connectivity index (χ2n) is 23.1. The van der Waals surface area contributed by atoms with Gasteiger partial charge in [0.25, 0.3) is 0 Å². The van der Waals surface area contributed by atoms with Gasteiger partial charge in [0.05, 0.1) is 11.0 Å². The lowest BCUT2D eigenvalue weighted by Crippen LogP contribution is -1.94. The fourth-order valence-corrected chi connectivity index (χ4v) is 13.9. The molecule has 3 heterocycles. The monoisotopic (exact) mass is 1110 g/mol. The summed E-state index contributed by atoms with van der Waals surface area (Å²) in [4.78, 5) is 0. The van der Waals surface area contributed by atoms with Gasteiger partial charge < -0.3 is 13.4 Å². The Labute approximate surface area is 501 Å². The van der Waals surface area contributed by atoms with Crippen LogP contribution < -0.4 is 0 Å². The Kier molecular flexibility index (Phi) is 11.0. The van der Waals surface area contributed by atoms with Gasteiger partial charge in [-0.3, -0.25) is 0 Å². The van der Waals surface area contributed by atoms with Crippen LogP contribution in [0, 0.1) is 0 Å². The van der Waals surface area contributed by atoms with Gasteiger partial charge in [0.2, 0.25) is 0 Å². The Morgan fingerprint density at radius 2 is 0.494 bits per heavy atom. The number of rotatable bonds is 8. The molecule has 15 aromatic carbocycles. The number of nitrogens with zero attached hydrogens (tertiary/aromatic N) is 1. The predicted molar refractivity (Wildman–Crippen MR) is 366 cm³/mol. The molecule has 0 aliphatic carbocycles. The number of furan rings is 2. The standard InChI is InChI=1S/C84H51NO2/c1-5-17-52(18-6-1)58-34-41-81-75(44-58)77-50-62(54-21-9-3-10-22-54)48-70(83(77)86-81)60-32-39-79-73(46-60)74-47-61(71-49-63(55-23-11-4-12-24-55)51-78-76-45-59(53-19-7-2-8-20-53)35-42-82(76)87-84(71)78)33-40-80(74)85(79)64-36-29-56(30-37-64)57-31-38-69-67-27-14-13-25-65(67)66-26-15-16-28-68(66)72(69)43-57/h1-51H. The van der Waals surface area contributed by atoms with E-state index in [4.69, 9.17) is 8.83 Å². The van der Waals surface area contributed by atoms with Crippen LogP contribution in [-0.4, -0.2) is 4.57 Å². The summed E-state index contributed by atoms with van der Waals surface area (Å²) in [6, 6.07) is 113. The lowest BCUT2D eigenvalue weighted by Gasteiger charge is -2.13. The molecule has 0 atom stereocenters. The van der Waals surface area contributed by atoms with Crippen LogP contribution in [0.4, 0.5) is 0 Å². The van der Waals surface area contributed by atoms with Crippen molar-refractivity contribution in [1.29, 1.82) is 0 Å². The summed E-state index contributed by atoms with van der Waals surface area (Å²) < 4.78 is 16.5. The summed E-state index contributed by atoms with van der Waals surface area (Å²) in [5.41, 5.74) is 22.5. The third kappa shape index (κ3) is 7.98. The molecule has 0 amide bonds. The molecule has 87 heavy (non-hydrogen) atoms. The molecule has 0 saturated heterocycles. The molecule has 404 valence electrons. The molecule has 0 N–H and O–H groups in total. The highest BCUT2D eigenvalue weighted by Crippen LogP contribution is 2.47. The highest BCUT2D eigenvalue weighted by atomic mass is 16.3. The van der Waals surface area contributed by atoms with Crippen LogP contribution in [0.15, 0.2) is 318 Å². The maximum atomic E-state index is 7.01. The molecule has 0 unspecified atom stereocenters. The van der Waals surface area contributed by atoms with E-state index < -0.39 is 0 Å². The average Bonchev–Trinajstić information content (AvgIpc) is 2.64. The maximum Gasteiger partial charge on any atom is 0.143 e. The van der Waals surface area contributed by atoms with Crippen molar-refractivity contribution in [2.75, 3.05) is 0 Å². The fourth-order valence-electron chi connectivity index (χ4n) is 13.9.